The zero-order valence-electron chi connectivity index (χ0n) is 8.61. The fourth-order valence-electron chi connectivity index (χ4n) is 1.12. The van der Waals surface area contributed by atoms with Gasteiger partial charge < -0.3 is 5.73 Å². The third kappa shape index (κ3) is 3.32. The van der Waals surface area contributed by atoms with Crippen molar-refractivity contribution in [2.45, 2.75) is 11.3 Å². The lowest BCUT2D eigenvalue weighted by Crippen LogP contribution is -2.24. The Balaban J connectivity index is 2.93. The van der Waals surface area contributed by atoms with Gasteiger partial charge in [0.2, 0.25) is 10.0 Å². The summed E-state index contributed by atoms with van der Waals surface area (Å²) < 4.78 is 38.6. The summed E-state index contributed by atoms with van der Waals surface area (Å²) in [6, 6.07) is 3.19. The van der Waals surface area contributed by atoms with Gasteiger partial charge in [-0.2, -0.15) is 0 Å². The third-order valence-corrected chi connectivity index (χ3v) is 3.28. The van der Waals surface area contributed by atoms with Crippen molar-refractivity contribution in [1.82, 2.24) is 4.72 Å². The second-order valence-corrected chi connectivity index (χ2v) is 4.96. The Morgan fingerprint density at radius 1 is 1.44 bits per heavy atom. The van der Waals surface area contributed by atoms with Gasteiger partial charge in [-0.15, -0.1) is 6.58 Å². The molecule has 0 aliphatic carbocycles. The molecule has 0 amide bonds. The highest BCUT2D eigenvalue weighted by molar-refractivity contribution is 7.89. The summed E-state index contributed by atoms with van der Waals surface area (Å²) in [6.07, 6.45) is 2.09. The van der Waals surface area contributed by atoms with Crippen LogP contribution in [-0.4, -0.2) is 15.0 Å². The normalized spacial score (nSPS) is 11.3. The number of benzene rings is 1. The molecule has 0 heterocycles. The molecule has 1 aromatic carbocycles. The van der Waals surface area contributed by atoms with E-state index in [2.05, 4.69) is 11.3 Å². The van der Waals surface area contributed by atoms with E-state index in [4.69, 9.17) is 5.73 Å². The van der Waals surface area contributed by atoms with Crippen LogP contribution in [0.2, 0.25) is 0 Å². The highest BCUT2D eigenvalue weighted by Gasteiger charge is 2.14. The summed E-state index contributed by atoms with van der Waals surface area (Å²) >= 11 is 0. The molecule has 0 atom stereocenters. The Morgan fingerprint density at radius 2 is 2.12 bits per heavy atom. The van der Waals surface area contributed by atoms with Crippen molar-refractivity contribution in [3.05, 3.63) is 36.7 Å². The van der Waals surface area contributed by atoms with Crippen molar-refractivity contribution in [1.29, 1.82) is 0 Å². The van der Waals surface area contributed by atoms with Gasteiger partial charge >= 0.3 is 0 Å². The third-order valence-electron chi connectivity index (χ3n) is 1.84. The van der Waals surface area contributed by atoms with Crippen molar-refractivity contribution in [2.75, 3.05) is 12.3 Å². The van der Waals surface area contributed by atoms with E-state index in [1.54, 1.807) is 6.08 Å². The minimum absolute atomic E-state index is 0.0732. The number of halogens is 1. The van der Waals surface area contributed by atoms with Gasteiger partial charge in [0.05, 0.1) is 4.90 Å². The SMILES string of the molecule is C=CCCNS(=O)(=O)c1cc(N)cc(F)c1. The summed E-state index contributed by atoms with van der Waals surface area (Å²) in [4.78, 5) is -0.172. The molecule has 0 aromatic heterocycles. The molecule has 0 fully saturated rings. The van der Waals surface area contributed by atoms with Crippen molar-refractivity contribution in [3.63, 3.8) is 0 Å². The van der Waals surface area contributed by atoms with E-state index in [-0.39, 0.29) is 17.1 Å². The van der Waals surface area contributed by atoms with Crippen LogP contribution in [0.15, 0.2) is 35.7 Å². The van der Waals surface area contributed by atoms with Crippen molar-refractivity contribution in [3.8, 4) is 0 Å². The van der Waals surface area contributed by atoms with Crippen molar-refractivity contribution in [2.24, 2.45) is 0 Å². The van der Waals surface area contributed by atoms with E-state index < -0.39 is 15.8 Å². The van der Waals surface area contributed by atoms with Crippen molar-refractivity contribution < 1.29 is 12.8 Å². The van der Waals surface area contributed by atoms with E-state index in [9.17, 15) is 12.8 Å². The van der Waals surface area contributed by atoms with Crippen LogP contribution < -0.4 is 10.5 Å². The number of anilines is 1. The number of nitrogen functional groups attached to an aromatic ring is 1. The zero-order valence-corrected chi connectivity index (χ0v) is 9.43. The molecule has 0 bridgehead atoms. The number of hydrogen-bond donors (Lipinski definition) is 2. The van der Waals surface area contributed by atoms with E-state index >= 15 is 0 Å². The standard InChI is InChI=1S/C10H13FN2O2S/c1-2-3-4-13-16(14,15)10-6-8(11)5-9(12)7-10/h2,5-7,13H,1,3-4,12H2. The molecule has 88 valence electrons. The zero-order chi connectivity index (χ0) is 12.2. The summed E-state index contributed by atoms with van der Waals surface area (Å²) in [5.74, 6) is -0.677. The molecule has 0 aliphatic heterocycles. The largest absolute Gasteiger partial charge is 0.399 e. The first-order chi connectivity index (χ1) is 7.45. The number of sulfonamides is 1. The number of hydrogen-bond acceptors (Lipinski definition) is 3. The summed E-state index contributed by atoms with van der Waals surface area (Å²) in [6.45, 7) is 3.69. The Hall–Kier alpha value is -1.40. The first kappa shape index (κ1) is 12.7. The van der Waals surface area contributed by atoms with Gasteiger partial charge in [0.15, 0.2) is 0 Å². The molecule has 1 rings (SSSR count). The van der Waals surface area contributed by atoms with E-state index in [1.165, 1.54) is 6.07 Å². The fourth-order valence-corrected chi connectivity index (χ4v) is 2.23. The Labute approximate surface area is 94.0 Å². The lowest BCUT2D eigenvalue weighted by Gasteiger charge is -2.06. The lowest BCUT2D eigenvalue weighted by atomic mass is 10.3. The maximum atomic E-state index is 13.0. The number of nitrogens with two attached hydrogens (primary N) is 1. The van der Waals surface area contributed by atoms with Crippen LogP contribution in [0.4, 0.5) is 10.1 Å². The van der Waals surface area contributed by atoms with Gasteiger partial charge in [0.1, 0.15) is 5.82 Å². The molecule has 4 nitrogen and oxygen atoms in total. The molecule has 0 saturated carbocycles. The molecular weight excluding hydrogens is 231 g/mol. The molecule has 16 heavy (non-hydrogen) atoms. The van der Waals surface area contributed by atoms with Crippen LogP contribution in [0.5, 0.6) is 0 Å². The average molecular weight is 244 g/mol. The quantitative estimate of drug-likeness (QED) is 0.465. The van der Waals surface area contributed by atoms with Crippen LogP contribution in [0, 0.1) is 5.82 Å². The van der Waals surface area contributed by atoms with Crippen molar-refractivity contribution >= 4 is 15.7 Å². The maximum absolute atomic E-state index is 13.0. The Bertz CT molecular complexity index is 465. The lowest BCUT2D eigenvalue weighted by molar-refractivity contribution is 0.578. The van der Waals surface area contributed by atoms with Crippen LogP contribution in [0.1, 0.15) is 6.42 Å². The van der Waals surface area contributed by atoms with E-state index in [0.717, 1.165) is 12.1 Å². The molecule has 0 unspecified atom stereocenters. The highest BCUT2D eigenvalue weighted by Crippen LogP contribution is 2.15. The van der Waals surface area contributed by atoms with Crippen LogP contribution >= 0.6 is 0 Å². The van der Waals surface area contributed by atoms with Crippen LogP contribution in [0.25, 0.3) is 0 Å². The summed E-state index contributed by atoms with van der Waals surface area (Å²) in [5.41, 5.74) is 5.44. The first-order valence-electron chi connectivity index (χ1n) is 4.62. The minimum atomic E-state index is -3.70. The van der Waals surface area contributed by atoms with Gasteiger partial charge in [-0.1, -0.05) is 6.08 Å². The number of nitrogens with one attached hydrogen (secondary N) is 1. The molecule has 1 aromatic rings. The number of rotatable bonds is 5. The predicted molar refractivity (Wildman–Crippen MR) is 60.8 cm³/mol. The fraction of sp³-hybridized carbons (Fsp3) is 0.200. The average Bonchev–Trinajstić information content (AvgIpc) is 2.16. The van der Waals surface area contributed by atoms with Crippen LogP contribution in [0.3, 0.4) is 0 Å². The monoisotopic (exact) mass is 244 g/mol. The Morgan fingerprint density at radius 3 is 2.69 bits per heavy atom. The smallest absolute Gasteiger partial charge is 0.240 e. The molecule has 0 aliphatic rings. The molecule has 0 saturated heterocycles. The summed E-state index contributed by atoms with van der Waals surface area (Å²) in [7, 11) is -3.70. The minimum Gasteiger partial charge on any atom is -0.399 e. The molecule has 3 N–H and O–H groups in total. The topological polar surface area (TPSA) is 72.2 Å². The molecule has 0 radical (unpaired) electrons. The van der Waals surface area contributed by atoms with Gasteiger partial charge in [-0.05, 0) is 24.6 Å². The molecular formula is C10H13FN2O2S. The van der Waals surface area contributed by atoms with Gasteiger partial charge in [-0.25, -0.2) is 17.5 Å². The van der Waals surface area contributed by atoms with Gasteiger partial charge in [-0.3, -0.25) is 0 Å². The second-order valence-electron chi connectivity index (χ2n) is 3.20. The highest BCUT2D eigenvalue weighted by atomic mass is 32.2. The maximum Gasteiger partial charge on any atom is 0.240 e. The molecule has 6 heteroatoms. The Kier molecular flexibility index (Phi) is 4.03. The first-order valence-corrected chi connectivity index (χ1v) is 6.10. The second kappa shape index (κ2) is 5.09. The van der Waals surface area contributed by atoms with Gasteiger partial charge in [0, 0.05) is 12.2 Å². The van der Waals surface area contributed by atoms with E-state index in [0.29, 0.717) is 6.42 Å². The molecule has 0 spiro atoms. The van der Waals surface area contributed by atoms with E-state index in [1.807, 2.05) is 0 Å². The predicted octanol–water partition coefficient (Wildman–Crippen LogP) is 1.26. The summed E-state index contributed by atoms with van der Waals surface area (Å²) in [5, 5.41) is 0. The van der Waals surface area contributed by atoms with Crippen LogP contribution in [-0.2, 0) is 10.0 Å². The van der Waals surface area contributed by atoms with Gasteiger partial charge in [0.25, 0.3) is 0 Å².